The zero-order chi connectivity index (χ0) is 13.9. The Kier molecular flexibility index (Phi) is 3.75. The molecule has 20 heavy (non-hydrogen) atoms. The molecular formula is C14H14N4S2. The van der Waals surface area contributed by atoms with Crippen LogP contribution in [0.3, 0.4) is 0 Å². The summed E-state index contributed by atoms with van der Waals surface area (Å²) in [6, 6.07) is 4.41. The monoisotopic (exact) mass is 302 g/mol. The Morgan fingerprint density at radius 3 is 2.70 bits per heavy atom. The lowest BCUT2D eigenvalue weighted by molar-refractivity contribution is 0.875. The van der Waals surface area contributed by atoms with E-state index in [-0.39, 0.29) is 0 Å². The van der Waals surface area contributed by atoms with Crippen molar-refractivity contribution in [3.63, 3.8) is 0 Å². The Labute approximate surface area is 125 Å². The maximum Gasteiger partial charge on any atom is 0.223 e. The van der Waals surface area contributed by atoms with Crippen LogP contribution in [-0.4, -0.2) is 21.0 Å². The van der Waals surface area contributed by atoms with E-state index in [9.17, 15) is 0 Å². The smallest absolute Gasteiger partial charge is 0.223 e. The zero-order valence-corrected chi connectivity index (χ0v) is 12.8. The predicted octanol–water partition coefficient (Wildman–Crippen LogP) is 4.15. The molecule has 4 nitrogen and oxygen atoms in total. The van der Waals surface area contributed by atoms with Gasteiger partial charge in [0.25, 0.3) is 0 Å². The van der Waals surface area contributed by atoms with E-state index in [0.29, 0.717) is 12.0 Å². The number of hydrogen-bond donors (Lipinski definition) is 1. The van der Waals surface area contributed by atoms with Crippen LogP contribution in [0.1, 0.15) is 13.8 Å². The molecule has 3 rings (SSSR count). The number of anilines is 1. The molecule has 0 amide bonds. The molecule has 6 heteroatoms. The summed E-state index contributed by atoms with van der Waals surface area (Å²) in [6.07, 6.45) is 3.68. The fourth-order valence-corrected chi connectivity index (χ4v) is 3.20. The molecule has 0 fully saturated rings. The lowest BCUT2D eigenvalue weighted by atomic mass is 10.2. The molecule has 0 atom stereocenters. The Morgan fingerprint density at radius 2 is 2.05 bits per heavy atom. The van der Waals surface area contributed by atoms with Crippen molar-refractivity contribution in [3.05, 3.63) is 35.3 Å². The highest BCUT2D eigenvalue weighted by Crippen LogP contribution is 2.34. The van der Waals surface area contributed by atoms with Gasteiger partial charge in [0.05, 0.1) is 0 Å². The van der Waals surface area contributed by atoms with Crippen LogP contribution in [0.25, 0.3) is 21.1 Å². The van der Waals surface area contributed by atoms with E-state index in [1.54, 1.807) is 28.9 Å². The van der Waals surface area contributed by atoms with Crippen molar-refractivity contribution in [3.8, 4) is 21.1 Å². The molecule has 3 heterocycles. The second-order valence-electron chi connectivity index (χ2n) is 4.57. The zero-order valence-electron chi connectivity index (χ0n) is 11.2. The summed E-state index contributed by atoms with van der Waals surface area (Å²) in [7, 11) is 0. The van der Waals surface area contributed by atoms with Crippen LogP contribution < -0.4 is 5.32 Å². The molecule has 0 aliphatic heterocycles. The van der Waals surface area contributed by atoms with Gasteiger partial charge in [-0.1, -0.05) is 6.07 Å². The third-order valence-electron chi connectivity index (χ3n) is 2.63. The number of aromatic nitrogens is 3. The fraction of sp³-hybridized carbons (Fsp3) is 0.214. The summed E-state index contributed by atoms with van der Waals surface area (Å²) in [5.74, 6) is 0.644. The van der Waals surface area contributed by atoms with E-state index in [2.05, 4.69) is 45.6 Å². The maximum absolute atomic E-state index is 4.64. The van der Waals surface area contributed by atoms with Crippen molar-refractivity contribution in [1.82, 2.24) is 15.0 Å². The van der Waals surface area contributed by atoms with Crippen molar-refractivity contribution in [2.75, 3.05) is 5.32 Å². The van der Waals surface area contributed by atoms with Crippen LogP contribution >= 0.6 is 22.7 Å². The number of rotatable bonds is 4. The van der Waals surface area contributed by atoms with Gasteiger partial charge in [0.1, 0.15) is 10.7 Å². The van der Waals surface area contributed by atoms with Gasteiger partial charge >= 0.3 is 0 Å². The van der Waals surface area contributed by atoms with Crippen LogP contribution in [0.2, 0.25) is 0 Å². The third-order valence-corrected chi connectivity index (χ3v) is 4.31. The average molecular weight is 302 g/mol. The molecule has 0 aromatic carbocycles. The van der Waals surface area contributed by atoms with Crippen molar-refractivity contribution in [2.45, 2.75) is 19.9 Å². The largest absolute Gasteiger partial charge is 0.352 e. The summed E-state index contributed by atoms with van der Waals surface area (Å²) < 4.78 is 0. The number of thiophene rings is 1. The molecule has 0 saturated heterocycles. The summed E-state index contributed by atoms with van der Waals surface area (Å²) in [4.78, 5) is 14.6. The van der Waals surface area contributed by atoms with Crippen LogP contribution in [0.5, 0.6) is 0 Å². The lowest BCUT2D eigenvalue weighted by Crippen LogP contribution is -2.12. The Balaban J connectivity index is 2.10. The van der Waals surface area contributed by atoms with Gasteiger partial charge in [-0.05, 0) is 25.3 Å². The summed E-state index contributed by atoms with van der Waals surface area (Å²) >= 11 is 3.27. The fourth-order valence-electron chi connectivity index (χ4n) is 1.83. The molecule has 3 aromatic heterocycles. The first kappa shape index (κ1) is 13.2. The minimum Gasteiger partial charge on any atom is -0.352 e. The molecule has 0 spiro atoms. The SMILES string of the molecule is CC(C)Nc1ncc(-c2cccs2)c(-c2nccs2)n1. The van der Waals surface area contributed by atoms with Crippen molar-refractivity contribution >= 4 is 28.6 Å². The number of hydrogen-bond acceptors (Lipinski definition) is 6. The average Bonchev–Trinajstić information content (AvgIpc) is 3.11. The summed E-state index contributed by atoms with van der Waals surface area (Å²) in [5.41, 5.74) is 1.92. The van der Waals surface area contributed by atoms with Gasteiger partial charge in [-0.2, -0.15) is 0 Å². The second kappa shape index (κ2) is 5.68. The van der Waals surface area contributed by atoms with Crippen molar-refractivity contribution in [2.24, 2.45) is 0 Å². The number of nitrogens with one attached hydrogen (secondary N) is 1. The quantitative estimate of drug-likeness (QED) is 0.786. The van der Waals surface area contributed by atoms with Gasteiger partial charge in [-0.15, -0.1) is 22.7 Å². The summed E-state index contributed by atoms with van der Waals surface area (Å²) in [5, 5.41) is 8.18. The van der Waals surface area contributed by atoms with Crippen LogP contribution in [-0.2, 0) is 0 Å². The van der Waals surface area contributed by atoms with Gasteiger partial charge in [0, 0.05) is 34.3 Å². The minimum atomic E-state index is 0.298. The van der Waals surface area contributed by atoms with E-state index in [4.69, 9.17) is 0 Å². The highest BCUT2D eigenvalue weighted by Gasteiger charge is 2.14. The number of nitrogens with zero attached hydrogens (tertiary/aromatic N) is 3. The Hall–Kier alpha value is -1.79. The molecular weight excluding hydrogens is 288 g/mol. The molecule has 3 aromatic rings. The Bertz CT molecular complexity index is 675. The molecule has 0 radical (unpaired) electrons. The van der Waals surface area contributed by atoms with Gasteiger partial charge in [-0.25, -0.2) is 15.0 Å². The highest BCUT2D eigenvalue weighted by molar-refractivity contribution is 7.14. The molecule has 0 unspecified atom stereocenters. The first-order valence-electron chi connectivity index (χ1n) is 6.31. The van der Waals surface area contributed by atoms with E-state index in [0.717, 1.165) is 21.1 Å². The van der Waals surface area contributed by atoms with Gasteiger partial charge < -0.3 is 5.32 Å². The third kappa shape index (κ3) is 2.71. The van der Waals surface area contributed by atoms with Crippen LogP contribution in [0, 0.1) is 0 Å². The van der Waals surface area contributed by atoms with E-state index in [1.165, 1.54) is 0 Å². The highest BCUT2D eigenvalue weighted by atomic mass is 32.1. The van der Waals surface area contributed by atoms with E-state index < -0.39 is 0 Å². The molecule has 0 saturated carbocycles. The normalized spacial score (nSPS) is 10.9. The van der Waals surface area contributed by atoms with E-state index in [1.807, 2.05) is 17.6 Å². The lowest BCUT2D eigenvalue weighted by Gasteiger charge is -2.10. The van der Waals surface area contributed by atoms with E-state index >= 15 is 0 Å². The summed E-state index contributed by atoms with van der Waals surface area (Å²) in [6.45, 7) is 4.14. The molecule has 0 bridgehead atoms. The van der Waals surface area contributed by atoms with Crippen LogP contribution in [0.4, 0.5) is 5.95 Å². The first-order chi connectivity index (χ1) is 9.74. The van der Waals surface area contributed by atoms with Crippen molar-refractivity contribution in [1.29, 1.82) is 0 Å². The van der Waals surface area contributed by atoms with Crippen molar-refractivity contribution < 1.29 is 0 Å². The van der Waals surface area contributed by atoms with Gasteiger partial charge in [0.15, 0.2) is 0 Å². The topological polar surface area (TPSA) is 50.7 Å². The molecule has 1 N–H and O–H groups in total. The minimum absolute atomic E-state index is 0.298. The van der Waals surface area contributed by atoms with Gasteiger partial charge in [0.2, 0.25) is 5.95 Å². The maximum atomic E-state index is 4.64. The second-order valence-corrected chi connectivity index (χ2v) is 6.41. The standard InChI is InChI=1S/C14H14N4S2/c1-9(2)17-14-16-8-10(11-4-3-6-19-11)12(18-14)13-15-5-7-20-13/h3-9H,1-2H3,(H,16,17,18). The number of thiazole rings is 1. The first-order valence-corrected chi connectivity index (χ1v) is 8.07. The predicted molar refractivity (Wildman–Crippen MR) is 85.2 cm³/mol. The van der Waals surface area contributed by atoms with Crippen LogP contribution in [0.15, 0.2) is 35.3 Å². The van der Waals surface area contributed by atoms with Gasteiger partial charge in [-0.3, -0.25) is 0 Å². The molecule has 102 valence electrons. The molecule has 0 aliphatic rings. The molecule has 0 aliphatic carbocycles. The Morgan fingerprint density at radius 1 is 1.15 bits per heavy atom.